The molecule has 6 nitrogen and oxygen atoms in total. The Hall–Kier alpha value is -2.93. The van der Waals surface area contributed by atoms with Crippen LogP contribution < -0.4 is 21.8 Å². The molecular weight excluding hydrogens is 310 g/mol. The molecule has 2 amide bonds. The van der Waals surface area contributed by atoms with Gasteiger partial charge in [-0.1, -0.05) is 30.3 Å². The second-order valence-electron chi connectivity index (χ2n) is 4.70. The molecule has 0 aliphatic rings. The summed E-state index contributed by atoms with van der Waals surface area (Å²) in [7, 11) is 0. The quantitative estimate of drug-likeness (QED) is 0.395. The van der Waals surface area contributed by atoms with E-state index in [9.17, 15) is 4.79 Å². The van der Waals surface area contributed by atoms with Gasteiger partial charge in [0, 0.05) is 11.4 Å². The normalized spacial score (nSPS) is 10.7. The first-order chi connectivity index (χ1) is 11.0. The highest BCUT2D eigenvalue weighted by Crippen LogP contribution is 2.13. The molecule has 0 saturated heterocycles. The fourth-order valence-electron chi connectivity index (χ4n) is 1.84. The Balaban J connectivity index is 2.03. The van der Waals surface area contributed by atoms with Crippen LogP contribution in [0, 0.1) is 0 Å². The number of hydrogen-bond acceptors (Lipinski definition) is 3. The minimum absolute atomic E-state index is 0.484. The lowest BCUT2D eigenvalue weighted by Gasteiger charge is -2.11. The van der Waals surface area contributed by atoms with E-state index in [1.165, 1.54) is 0 Å². The highest BCUT2D eigenvalue weighted by molar-refractivity contribution is 7.80. The van der Waals surface area contributed by atoms with E-state index in [0.717, 1.165) is 16.9 Å². The third-order valence-electron chi connectivity index (χ3n) is 2.90. The maximum absolute atomic E-state index is 10.7. The van der Waals surface area contributed by atoms with Gasteiger partial charge in [0.25, 0.3) is 0 Å². The number of hydrazone groups is 1. The third kappa shape index (κ3) is 5.40. The largest absolute Gasteiger partial charge is 0.350 e. The number of nitrogens with zero attached hydrogens (tertiary/aromatic N) is 1. The second kappa shape index (κ2) is 7.90. The minimum atomic E-state index is -0.702. The number of benzene rings is 2. The minimum Gasteiger partial charge on any atom is -0.350 e. The van der Waals surface area contributed by atoms with E-state index in [1.807, 2.05) is 54.6 Å². The molecule has 0 radical (unpaired) electrons. The van der Waals surface area contributed by atoms with Crippen LogP contribution in [0.5, 0.6) is 0 Å². The van der Waals surface area contributed by atoms with Gasteiger partial charge in [0.1, 0.15) is 0 Å². The van der Waals surface area contributed by atoms with Crippen LogP contribution in [-0.4, -0.2) is 16.9 Å². The van der Waals surface area contributed by atoms with E-state index in [4.69, 9.17) is 18.0 Å². The molecule has 118 valence electrons. The molecule has 0 spiro atoms. The number of nitrogens with two attached hydrogens (primary N) is 1. The van der Waals surface area contributed by atoms with Gasteiger partial charge in [0.05, 0.1) is 5.71 Å². The molecule has 0 aliphatic heterocycles. The number of carbonyl (C=O) groups excluding carboxylic acids is 1. The van der Waals surface area contributed by atoms with Gasteiger partial charge in [-0.3, -0.25) is 0 Å². The van der Waals surface area contributed by atoms with Gasteiger partial charge in [-0.25, -0.2) is 10.2 Å². The number of rotatable bonds is 4. The summed E-state index contributed by atoms with van der Waals surface area (Å²) in [6.45, 7) is 1.77. The molecule has 0 aromatic heterocycles. The van der Waals surface area contributed by atoms with E-state index in [-0.39, 0.29) is 0 Å². The van der Waals surface area contributed by atoms with Crippen LogP contribution in [0.2, 0.25) is 0 Å². The zero-order chi connectivity index (χ0) is 16.7. The Morgan fingerprint density at radius 3 is 2.39 bits per heavy atom. The highest BCUT2D eigenvalue weighted by atomic mass is 32.1. The number of carbonyl (C=O) groups is 1. The van der Waals surface area contributed by atoms with Gasteiger partial charge in [-0.15, -0.1) is 0 Å². The molecule has 5 N–H and O–H groups in total. The summed E-state index contributed by atoms with van der Waals surface area (Å²) < 4.78 is 0. The molecule has 7 heteroatoms. The maximum Gasteiger partial charge on any atom is 0.332 e. The molecule has 0 aliphatic carbocycles. The smallest absolute Gasteiger partial charge is 0.332 e. The van der Waals surface area contributed by atoms with Crippen molar-refractivity contribution >= 4 is 40.4 Å². The fourth-order valence-corrected chi connectivity index (χ4v) is 2.08. The van der Waals surface area contributed by atoms with Crippen LogP contribution in [-0.2, 0) is 0 Å². The molecule has 2 rings (SSSR count). The molecule has 23 heavy (non-hydrogen) atoms. The average Bonchev–Trinajstić information content (AvgIpc) is 2.53. The number of anilines is 2. The summed E-state index contributed by atoms with van der Waals surface area (Å²) in [5.74, 6) is 0. The van der Waals surface area contributed by atoms with Crippen LogP contribution in [0.15, 0.2) is 59.7 Å². The Labute approximate surface area is 139 Å². The first-order valence-corrected chi connectivity index (χ1v) is 7.28. The van der Waals surface area contributed by atoms with Crippen LogP contribution in [0.4, 0.5) is 16.2 Å². The maximum atomic E-state index is 10.7. The van der Waals surface area contributed by atoms with Crippen molar-refractivity contribution in [3.05, 3.63) is 60.2 Å². The summed E-state index contributed by atoms with van der Waals surface area (Å²) in [6, 6.07) is 16.5. The number of nitrogens with one attached hydrogen (secondary N) is 3. The van der Waals surface area contributed by atoms with Crippen molar-refractivity contribution in [1.82, 2.24) is 5.43 Å². The molecule has 0 fully saturated rings. The zero-order valence-corrected chi connectivity index (χ0v) is 13.4. The molecular formula is C16H17N5OS. The molecule has 0 atom stereocenters. The van der Waals surface area contributed by atoms with E-state index in [1.54, 1.807) is 6.92 Å². The van der Waals surface area contributed by atoms with E-state index in [2.05, 4.69) is 21.2 Å². The average molecular weight is 327 g/mol. The van der Waals surface area contributed by atoms with E-state index in [0.29, 0.717) is 10.8 Å². The standard InChI is InChI=1S/C16H17N5OS/c1-11(20-21-15(17)22)12-6-5-9-14(10-12)19-16(23)18-13-7-3-2-4-8-13/h2-10H,1H3,(H3,17,21,22)(H2,18,19,23)/b20-11-. The predicted octanol–water partition coefficient (Wildman–Crippen LogP) is 2.89. The van der Waals surface area contributed by atoms with Crippen molar-refractivity contribution in [3.8, 4) is 0 Å². The Bertz CT molecular complexity index is 730. The first kappa shape index (κ1) is 16.4. The van der Waals surface area contributed by atoms with Crippen molar-refractivity contribution in [1.29, 1.82) is 0 Å². The molecule has 0 saturated carbocycles. The molecule has 2 aromatic carbocycles. The summed E-state index contributed by atoms with van der Waals surface area (Å²) >= 11 is 5.29. The Morgan fingerprint density at radius 2 is 1.70 bits per heavy atom. The van der Waals surface area contributed by atoms with E-state index < -0.39 is 6.03 Å². The lowest BCUT2D eigenvalue weighted by atomic mass is 10.1. The van der Waals surface area contributed by atoms with Crippen LogP contribution in [0.1, 0.15) is 12.5 Å². The Morgan fingerprint density at radius 1 is 1.04 bits per heavy atom. The summed E-state index contributed by atoms with van der Waals surface area (Å²) in [6.07, 6.45) is 0. The Kier molecular flexibility index (Phi) is 5.65. The van der Waals surface area contributed by atoms with Crippen molar-refractivity contribution in [2.24, 2.45) is 10.8 Å². The number of primary amides is 1. The van der Waals surface area contributed by atoms with Crippen molar-refractivity contribution in [2.75, 3.05) is 10.6 Å². The third-order valence-corrected chi connectivity index (χ3v) is 3.11. The van der Waals surface area contributed by atoms with Crippen LogP contribution >= 0.6 is 12.2 Å². The molecule has 2 aromatic rings. The number of urea groups is 1. The second-order valence-corrected chi connectivity index (χ2v) is 5.11. The fraction of sp³-hybridized carbons (Fsp3) is 0.0625. The van der Waals surface area contributed by atoms with Gasteiger partial charge in [0.2, 0.25) is 0 Å². The SMILES string of the molecule is C/C(=N/NC(N)=O)c1cccc(NC(=S)Nc2ccccc2)c1. The summed E-state index contributed by atoms with van der Waals surface area (Å²) in [4.78, 5) is 10.7. The summed E-state index contributed by atoms with van der Waals surface area (Å²) in [5.41, 5.74) is 10.4. The van der Waals surface area contributed by atoms with Crippen molar-refractivity contribution in [2.45, 2.75) is 6.92 Å². The van der Waals surface area contributed by atoms with Crippen LogP contribution in [0.3, 0.4) is 0 Å². The number of thiocarbonyl (C=S) groups is 1. The van der Waals surface area contributed by atoms with Crippen LogP contribution in [0.25, 0.3) is 0 Å². The van der Waals surface area contributed by atoms with Gasteiger partial charge in [-0.2, -0.15) is 5.10 Å². The monoisotopic (exact) mass is 327 g/mol. The topological polar surface area (TPSA) is 91.5 Å². The molecule has 0 unspecified atom stereocenters. The summed E-state index contributed by atoms with van der Waals surface area (Å²) in [5, 5.41) is 10.6. The molecule has 0 heterocycles. The lowest BCUT2D eigenvalue weighted by Crippen LogP contribution is -2.25. The van der Waals surface area contributed by atoms with Crippen molar-refractivity contribution < 1.29 is 4.79 Å². The number of amides is 2. The van der Waals surface area contributed by atoms with Gasteiger partial charge in [-0.05, 0) is 49.0 Å². The zero-order valence-electron chi connectivity index (χ0n) is 12.5. The van der Waals surface area contributed by atoms with Gasteiger partial charge >= 0.3 is 6.03 Å². The number of hydrogen-bond donors (Lipinski definition) is 4. The van der Waals surface area contributed by atoms with Gasteiger partial charge < -0.3 is 16.4 Å². The number of para-hydroxylation sites is 1. The highest BCUT2D eigenvalue weighted by Gasteiger charge is 2.02. The van der Waals surface area contributed by atoms with E-state index >= 15 is 0 Å². The first-order valence-electron chi connectivity index (χ1n) is 6.88. The lowest BCUT2D eigenvalue weighted by molar-refractivity contribution is 0.249. The van der Waals surface area contributed by atoms with Crippen molar-refractivity contribution in [3.63, 3.8) is 0 Å². The molecule has 0 bridgehead atoms. The predicted molar refractivity (Wildman–Crippen MR) is 97.7 cm³/mol. The van der Waals surface area contributed by atoms with Gasteiger partial charge in [0.15, 0.2) is 5.11 Å².